The molecule has 4 heterocycles. The van der Waals surface area contributed by atoms with E-state index in [0.717, 1.165) is 80.9 Å². The predicted molar refractivity (Wildman–Crippen MR) is 133 cm³/mol. The van der Waals surface area contributed by atoms with Gasteiger partial charge in [-0.2, -0.15) is 0 Å². The maximum atomic E-state index is 13.2. The van der Waals surface area contributed by atoms with Crippen LogP contribution in [0, 0.1) is 0 Å². The first-order valence-electron chi connectivity index (χ1n) is 12.6. The van der Waals surface area contributed by atoms with Crippen molar-refractivity contribution in [1.29, 1.82) is 0 Å². The lowest BCUT2D eigenvalue weighted by Crippen LogP contribution is -2.51. The van der Waals surface area contributed by atoms with E-state index in [1.807, 2.05) is 30.5 Å². The number of carbonyl (C=O) groups is 1. The van der Waals surface area contributed by atoms with Crippen LogP contribution in [0.15, 0.2) is 42.6 Å². The van der Waals surface area contributed by atoms with Crippen LogP contribution in [0.3, 0.4) is 0 Å². The van der Waals surface area contributed by atoms with Gasteiger partial charge in [0.25, 0.3) is 0 Å². The first kappa shape index (κ1) is 22.8. The van der Waals surface area contributed by atoms with E-state index in [4.69, 9.17) is 14.7 Å². The number of pyridine rings is 1. The second kappa shape index (κ2) is 10.1. The maximum Gasteiger partial charge on any atom is 0.239 e. The quantitative estimate of drug-likeness (QED) is 0.558. The third-order valence-corrected chi connectivity index (χ3v) is 7.49. The molecule has 2 fully saturated rings. The fourth-order valence-electron chi connectivity index (χ4n) is 5.56. The second-order valence-corrected chi connectivity index (χ2v) is 9.64. The van der Waals surface area contributed by atoms with E-state index in [2.05, 4.69) is 33.5 Å². The molecule has 0 spiro atoms. The van der Waals surface area contributed by atoms with E-state index in [1.54, 1.807) is 7.11 Å². The largest absolute Gasteiger partial charge is 0.497 e. The smallest absolute Gasteiger partial charge is 0.239 e. The highest BCUT2D eigenvalue weighted by molar-refractivity contribution is 5.82. The average molecular weight is 462 g/mol. The van der Waals surface area contributed by atoms with Gasteiger partial charge in [0, 0.05) is 31.7 Å². The number of hydrogen-bond donors (Lipinski definition) is 0. The Labute approximate surface area is 201 Å². The number of piperidine rings is 2. The van der Waals surface area contributed by atoms with Crippen LogP contribution in [-0.2, 0) is 17.6 Å². The standard InChI is InChI=1S/C27H35N5O2/c1-30-16-4-3-10-24(30)27(33)31-17-13-21(14-18-31)32-25(29-23-9-6-15-28-26(23)32)12-11-20-7-5-8-22(19-20)34-2/h5-9,15,19,21,24H,3-4,10-14,16-18H2,1-2H3. The molecule has 7 heteroatoms. The first-order valence-corrected chi connectivity index (χ1v) is 12.6. The molecule has 2 saturated heterocycles. The molecule has 2 aliphatic heterocycles. The highest BCUT2D eigenvalue weighted by Crippen LogP contribution is 2.30. The van der Waals surface area contributed by atoms with E-state index in [9.17, 15) is 4.79 Å². The molecule has 34 heavy (non-hydrogen) atoms. The number of aryl methyl sites for hydroxylation is 2. The van der Waals surface area contributed by atoms with Gasteiger partial charge in [-0.1, -0.05) is 18.6 Å². The van der Waals surface area contributed by atoms with Gasteiger partial charge < -0.3 is 14.2 Å². The summed E-state index contributed by atoms with van der Waals surface area (Å²) in [7, 11) is 3.79. The number of imidazole rings is 1. The third kappa shape index (κ3) is 4.67. The molecule has 0 aliphatic carbocycles. The van der Waals surface area contributed by atoms with E-state index in [-0.39, 0.29) is 6.04 Å². The molecule has 5 rings (SSSR count). The van der Waals surface area contributed by atoms with Gasteiger partial charge in [-0.05, 0) is 75.5 Å². The fraction of sp³-hybridized carbons (Fsp3) is 0.519. The van der Waals surface area contributed by atoms with E-state index < -0.39 is 0 Å². The SMILES string of the molecule is COc1cccc(CCc2nc3cccnc3n2C2CCN(C(=O)C3CCCCN3C)CC2)c1. The number of likely N-dealkylation sites (tertiary alicyclic amines) is 2. The normalized spacial score (nSPS) is 20.1. The van der Waals surface area contributed by atoms with Gasteiger partial charge in [0.15, 0.2) is 5.65 Å². The minimum atomic E-state index is 0.0551. The summed E-state index contributed by atoms with van der Waals surface area (Å²) in [5.74, 6) is 2.27. The second-order valence-electron chi connectivity index (χ2n) is 9.64. The molecule has 180 valence electrons. The lowest BCUT2D eigenvalue weighted by molar-refractivity contribution is -0.139. The van der Waals surface area contributed by atoms with Gasteiger partial charge in [-0.25, -0.2) is 9.97 Å². The molecule has 0 radical (unpaired) electrons. The molecule has 0 N–H and O–H groups in total. The van der Waals surface area contributed by atoms with Gasteiger partial charge in [-0.3, -0.25) is 9.69 Å². The number of benzene rings is 1. The van der Waals surface area contributed by atoms with Gasteiger partial charge in [0.2, 0.25) is 5.91 Å². The van der Waals surface area contributed by atoms with E-state index >= 15 is 0 Å². The van der Waals surface area contributed by atoms with Gasteiger partial charge in [-0.15, -0.1) is 0 Å². The number of likely N-dealkylation sites (N-methyl/N-ethyl adjacent to an activating group) is 1. The van der Waals surface area contributed by atoms with Crippen LogP contribution in [0.4, 0.5) is 0 Å². The number of hydrogen-bond acceptors (Lipinski definition) is 5. The Hall–Kier alpha value is -2.93. The highest BCUT2D eigenvalue weighted by Gasteiger charge is 2.33. The zero-order chi connectivity index (χ0) is 23.5. The number of aromatic nitrogens is 3. The van der Waals surface area contributed by atoms with Crippen LogP contribution in [0.1, 0.15) is 49.5 Å². The Kier molecular flexibility index (Phi) is 6.81. The van der Waals surface area contributed by atoms with Crippen LogP contribution >= 0.6 is 0 Å². The Morgan fingerprint density at radius 1 is 1.06 bits per heavy atom. The van der Waals surface area contributed by atoms with Gasteiger partial charge in [0.05, 0.1) is 13.2 Å². The lowest BCUT2D eigenvalue weighted by Gasteiger charge is -2.39. The Morgan fingerprint density at radius 2 is 1.91 bits per heavy atom. The van der Waals surface area contributed by atoms with Crippen LogP contribution in [-0.4, -0.2) is 70.1 Å². The summed E-state index contributed by atoms with van der Waals surface area (Å²) < 4.78 is 7.74. The van der Waals surface area contributed by atoms with Crippen LogP contribution in [0.25, 0.3) is 11.2 Å². The monoisotopic (exact) mass is 461 g/mol. The van der Waals surface area contributed by atoms with E-state index in [1.165, 1.54) is 12.0 Å². The minimum absolute atomic E-state index is 0.0551. The van der Waals surface area contributed by atoms with Crippen molar-refractivity contribution in [1.82, 2.24) is 24.3 Å². The molecule has 2 aromatic heterocycles. The summed E-state index contributed by atoms with van der Waals surface area (Å²) in [6.45, 7) is 2.63. The molecule has 1 amide bonds. The summed E-state index contributed by atoms with van der Waals surface area (Å²) in [5.41, 5.74) is 3.15. The summed E-state index contributed by atoms with van der Waals surface area (Å²) in [5, 5.41) is 0. The van der Waals surface area contributed by atoms with E-state index in [0.29, 0.717) is 11.9 Å². The Bertz CT molecular complexity index is 1140. The van der Waals surface area contributed by atoms with Crippen molar-refractivity contribution in [2.75, 3.05) is 33.8 Å². The van der Waals surface area contributed by atoms with Gasteiger partial charge >= 0.3 is 0 Å². The molecule has 0 bridgehead atoms. The maximum absolute atomic E-state index is 13.2. The summed E-state index contributed by atoms with van der Waals surface area (Å²) in [4.78, 5) is 27.2. The van der Waals surface area contributed by atoms with Crippen molar-refractivity contribution < 1.29 is 9.53 Å². The molecular formula is C27H35N5O2. The summed E-state index contributed by atoms with van der Waals surface area (Å²) in [6.07, 6.45) is 8.81. The minimum Gasteiger partial charge on any atom is -0.497 e. The lowest BCUT2D eigenvalue weighted by atomic mass is 9.99. The van der Waals surface area contributed by atoms with Crippen molar-refractivity contribution in [2.24, 2.45) is 0 Å². The van der Waals surface area contributed by atoms with Crippen molar-refractivity contribution in [3.63, 3.8) is 0 Å². The molecule has 2 aliphatic rings. The fourth-order valence-corrected chi connectivity index (χ4v) is 5.56. The van der Waals surface area contributed by atoms with Crippen molar-refractivity contribution >= 4 is 17.1 Å². The van der Waals surface area contributed by atoms with Crippen molar-refractivity contribution in [2.45, 2.75) is 57.0 Å². The molecular weight excluding hydrogens is 426 g/mol. The molecule has 0 saturated carbocycles. The molecule has 1 aromatic carbocycles. The zero-order valence-electron chi connectivity index (χ0n) is 20.3. The molecule has 7 nitrogen and oxygen atoms in total. The number of carbonyl (C=O) groups excluding carboxylic acids is 1. The Morgan fingerprint density at radius 3 is 2.71 bits per heavy atom. The van der Waals surface area contributed by atoms with Crippen molar-refractivity contribution in [3.05, 3.63) is 54.0 Å². The number of rotatable bonds is 6. The predicted octanol–water partition coefficient (Wildman–Crippen LogP) is 3.87. The molecule has 3 aromatic rings. The number of amides is 1. The number of methoxy groups -OCH3 is 1. The average Bonchev–Trinajstić information content (AvgIpc) is 3.26. The summed E-state index contributed by atoms with van der Waals surface area (Å²) >= 11 is 0. The topological polar surface area (TPSA) is 63.5 Å². The highest BCUT2D eigenvalue weighted by atomic mass is 16.5. The van der Waals surface area contributed by atoms with Crippen molar-refractivity contribution in [3.8, 4) is 5.75 Å². The molecule has 1 atom stereocenters. The first-order chi connectivity index (χ1) is 16.6. The zero-order valence-corrected chi connectivity index (χ0v) is 20.3. The third-order valence-electron chi connectivity index (χ3n) is 7.49. The van der Waals surface area contributed by atoms with Crippen LogP contribution in [0.5, 0.6) is 5.75 Å². The van der Waals surface area contributed by atoms with Crippen LogP contribution in [0.2, 0.25) is 0 Å². The number of ether oxygens (including phenoxy) is 1. The summed E-state index contributed by atoms with van der Waals surface area (Å²) in [6, 6.07) is 12.6. The number of nitrogens with zero attached hydrogens (tertiary/aromatic N) is 5. The van der Waals surface area contributed by atoms with Gasteiger partial charge in [0.1, 0.15) is 17.1 Å². The Balaban J connectivity index is 1.31. The molecule has 1 unspecified atom stereocenters. The van der Waals surface area contributed by atoms with Crippen LogP contribution < -0.4 is 4.74 Å². The number of fused-ring (bicyclic) bond motifs is 1.